The van der Waals surface area contributed by atoms with E-state index in [1.165, 1.54) is 89.0 Å². The zero-order valence-electron chi connectivity index (χ0n) is 34.6. The van der Waals surface area contributed by atoms with Gasteiger partial charge in [0.1, 0.15) is 0 Å². The molecule has 0 unspecified atom stereocenters. The van der Waals surface area contributed by atoms with Crippen LogP contribution in [0.25, 0.3) is 44.5 Å². The van der Waals surface area contributed by atoms with Crippen molar-refractivity contribution < 1.29 is 0 Å². The summed E-state index contributed by atoms with van der Waals surface area (Å²) >= 11 is 0. The molecule has 13 rings (SSSR count). The van der Waals surface area contributed by atoms with Gasteiger partial charge in [-0.1, -0.05) is 218 Å². The van der Waals surface area contributed by atoms with Gasteiger partial charge in [0, 0.05) is 16.9 Å². The van der Waals surface area contributed by atoms with E-state index in [1.807, 2.05) is 0 Å². The van der Waals surface area contributed by atoms with Gasteiger partial charge in [-0.05, 0) is 114 Å². The van der Waals surface area contributed by atoms with Crippen molar-refractivity contribution in [3.05, 3.63) is 293 Å². The maximum absolute atomic E-state index is 2.55. The Morgan fingerprint density at radius 3 is 1.11 bits per heavy atom. The number of rotatable bonds is 5. The van der Waals surface area contributed by atoms with Crippen LogP contribution in [0.1, 0.15) is 44.5 Å². The number of hydrogen-bond acceptors (Lipinski definition) is 1. The molecule has 1 heteroatoms. The molecule has 0 amide bonds. The number of hydrogen-bond donors (Lipinski definition) is 0. The summed E-state index contributed by atoms with van der Waals surface area (Å²) in [4.78, 5) is 2.48. The molecular weight excluding hydrogens is 759 g/mol. The highest BCUT2D eigenvalue weighted by atomic mass is 15.1. The average molecular weight is 800 g/mol. The first-order valence-electron chi connectivity index (χ1n) is 22.0. The fourth-order valence-electron chi connectivity index (χ4n) is 11.8. The summed E-state index contributed by atoms with van der Waals surface area (Å²) < 4.78 is 0. The Morgan fingerprint density at radius 2 is 0.587 bits per heavy atom. The van der Waals surface area contributed by atoms with Crippen LogP contribution in [0.2, 0.25) is 0 Å². The summed E-state index contributed by atoms with van der Waals surface area (Å²) in [5.74, 6) is 0. The monoisotopic (exact) mass is 799 g/mol. The number of fused-ring (bicyclic) bond motifs is 16. The summed E-state index contributed by atoms with van der Waals surface area (Å²) in [6.07, 6.45) is 0. The lowest BCUT2D eigenvalue weighted by molar-refractivity contribution is 0.633. The van der Waals surface area contributed by atoms with Crippen LogP contribution in [0.5, 0.6) is 0 Å². The van der Waals surface area contributed by atoms with Crippen molar-refractivity contribution in [2.24, 2.45) is 0 Å². The average Bonchev–Trinajstić information content (AvgIpc) is 3.83. The second kappa shape index (κ2) is 13.8. The Hall–Kier alpha value is -8.00. The van der Waals surface area contributed by atoms with E-state index in [0.29, 0.717) is 0 Å². The van der Waals surface area contributed by atoms with Crippen molar-refractivity contribution in [3.63, 3.8) is 0 Å². The van der Waals surface area contributed by atoms with Gasteiger partial charge in [0.2, 0.25) is 0 Å². The fraction of sp³-hybridized carbons (Fsp3) is 0.0323. The summed E-state index contributed by atoms with van der Waals surface area (Å²) in [7, 11) is 0. The molecular formula is C62H41N. The van der Waals surface area contributed by atoms with Gasteiger partial charge >= 0.3 is 0 Å². The third-order valence-electron chi connectivity index (χ3n) is 14.2. The van der Waals surface area contributed by atoms with Crippen molar-refractivity contribution >= 4 is 17.1 Å². The van der Waals surface area contributed by atoms with Gasteiger partial charge in [-0.15, -0.1) is 0 Å². The van der Waals surface area contributed by atoms with Crippen LogP contribution >= 0.6 is 0 Å². The van der Waals surface area contributed by atoms with Gasteiger partial charge < -0.3 is 4.90 Å². The molecule has 294 valence electrons. The van der Waals surface area contributed by atoms with E-state index in [1.54, 1.807) is 0 Å². The molecule has 3 aliphatic carbocycles. The molecule has 0 aromatic heterocycles. The SMILES string of the molecule is c1ccc(-c2ccc(-c3ccccc3N(c3ccccc3)c3ccc4c(c3)C3(c5ccccc5-c5ccccc53)c3ccccc3C43c4ccccc4-c4ccccc43)cc2)cc1. The van der Waals surface area contributed by atoms with E-state index in [9.17, 15) is 0 Å². The molecule has 63 heavy (non-hydrogen) atoms. The minimum absolute atomic E-state index is 0.536. The highest BCUT2D eigenvalue weighted by Gasteiger charge is 2.59. The highest BCUT2D eigenvalue weighted by Crippen LogP contribution is 2.67. The maximum Gasteiger partial charge on any atom is 0.0720 e. The van der Waals surface area contributed by atoms with Crippen molar-refractivity contribution in [1.29, 1.82) is 0 Å². The third kappa shape index (κ3) is 4.88. The van der Waals surface area contributed by atoms with E-state index in [2.05, 4.69) is 254 Å². The lowest BCUT2D eigenvalue weighted by Gasteiger charge is -2.49. The Balaban J connectivity index is 1.12. The van der Waals surface area contributed by atoms with Crippen molar-refractivity contribution in [1.82, 2.24) is 0 Å². The lowest BCUT2D eigenvalue weighted by Crippen LogP contribution is -2.43. The maximum atomic E-state index is 2.55. The smallest absolute Gasteiger partial charge is 0.0720 e. The van der Waals surface area contributed by atoms with Crippen LogP contribution in [-0.4, -0.2) is 0 Å². The predicted molar refractivity (Wildman–Crippen MR) is 260 cm³/mol. The van der Waals surface area contributed by atoms with Crippen molar-refractivity contribution in [3.8, 4) is 44.5 Å². The molecule has 2 spiro atoms. The number of para-hydroxylation sites is 2. The summed E-state index contributed by atoms with van der Waals surface area (Å²) in [6.45, 7) is 0. The van der Waals surface area contributed by atoms with Crippen LogP contribution < -0.4 is 4.90 Å². The second-order valence-corrected chi connectivity index (χ2v) is 17.1. The Labute approximate surface area is 368 Å². The highest BCUT2D eigenvalue weighted by molar-refractivity contribution is 5.95. The first-order valence-corrected chi connectivity index (χ1v) is 22.0. The zero-order valence-corrected chi connectivity index (χ0v) is 34.6. The molecule has 0 N–H and O–H groups in total. The molecule has 0 saturated carbocycles. The number of anilines is 3. The van der Waals surface area contributed by atoms with Gasteiger partial charge in [-0.3, -0.25) is 0 Å². The largest absolute Gasteiger partial charge is 0.310 e. The fourth-order valence-corrected chi connectivity index (χ4v) is 11.8. The standard InChI is InChI=1S/C62H41N/c1-3-19-42(20-4-1)43-35-37-44(38-36-43)47-23-11-18-34-60(47)63(45-21-5-2-6-22-45)46-39-40-58-59(41-46)62(54-30-14-9-26-50(54)51-27-10-15-31-55(51)62)57-33-17-16-32-56(57)61(58)52-28-12-7-24-48(52)49-25-8-13-29-53(49)61/h1-41H. The van der Waals surface area contributed by atoms with Gasteiger partial charge in [0.05, 0.1) is 16.5 Å². The molecule has 0 bridgehead atoms. The topological polar surface area (TPSA) is 3.24 Å². The zero-order chi connectivity index (χ0) is 41.5. The molecule has 0 atom stereocenters. The molecule has 0 radical (unpaired) electrons. The van der Waals surface area contributed by atoms with Crippen molar-refractivity contribution in [2.75, 3.05) is 4.90 Å². The van der Waals surface area contributed by atoms with Crippen LogP contribution in [0.15, 0.2) is 249 Å². The Bertz CT molecular complexity index is 3310. The van der Waals surface area contributed by atoms with E-state index in [4.69, 9.17) is 0 Å². The first kappa shape index (κ1) is 35.7. The Morgan fingerprint density at radius 1 is 0.222 bits per heavy atom. The summed E-state index contributed by atoms with van der Waals surface area (Å²) in [5.41, 5.74) is 22.9. The van der Waals surface area contributed by atoms with E-state index < -0.39 is 10.8 Å². The van der Waals surface area contributed by atoms with Gasteiger partial charge in [-0.25, -0.2) is 0 Å². The molecule has 10 aromatic carbocycles. The molecule has 0 saturated heterocycles. The van der Waals surface area contributed by atoms with E-state index in [0.717, 1.165) is 17.1 Å². The van der Waals surface area contributed by atoms with Gasteiger partial charge in [0.15, 0.2) is 0 Å². The molecule has 0 fully saturated rings. The molecule has 0 aliphatic heterocycles. The molecule has 10 aromatic rings. The minimum atomic E-state index is -0.581. The van der Waals surface area contributed by atoms with Gasteiger partial charge in [0.25, 0.3) is 0 Å². The molecule has 1 nitrogen and oxygen atoms in total. The normalized spacial score (nSPS) is 14.0. The van der Waals surface area contributed by atoms with Crippen LogP contribution in [0.3, 0.4) is 0 Å². The lowest BCUT2D eigenvalue weighted by atomic mass is 9.52. The van der Waals surface area contributed by atoms with Crippen LogP contribution in [-0.2, 0) is 10.8 Å². The number of nitrogens with zero attached hydrogens (tertiary/aromatic N) is 1. The van der Waals surface area contributed by atoms with Crippen LogP contribution in [0, 0.1) is 0 Å². The minimum Gasteiger partial charge on any atom is -0.310 e. The van der Waals surface area contributed by atoms with E-state index in [-0.39, 0.29) is 0 Å². The second-order valence-electron chi connectivity index (χ2n) is 17.1. The van der Waals surface area contributed by atoms with Gasteiger partial charge in [-0.2, -0.15) is 0 Å². The third-order valence-corrected chi connectivity index (χ3v) is 14.2. The summed E-state index contributed by atoms with van der Waals surface area (Å²) in [5, 5.41) is 0. The van der Waals surface area contributed by atoms with E-state index >= 15 is 0 Å². The summed E-state index contributed by atoms with van der Waals surface area (Å²) in [6, 6.07) is 92.8. The Kier molecular flexibility index (Phi) is 7.80. The van der Waals surface area contributed by atoms with Crippen LogP contribution in [0.4, 0.5) is 17.1 Å². The molecule has 0 heterocycles. The quantitative estimate of drug-likeness (QED) is 0.168. The number of benzene rings is 10. The molecule has 3 aliphatic rings. The first-order chi connectivity index (χ1) is 31.3. The predicted octanol–water partition coefficient (Wildman–Crippen LogP) is 15.5. The van der Waals surface area contributed by atoms with Crippen molar-refractivity contribution in [2.45, 2.75) is 10.8 Å².